The lowest BCUT2D eigenvalue weighted by molar-refractivity contribution is 0.173. The number of hydrogen-bond acceptors (Lipinski definition) is 4. The first-order valence-corrected chi connectivity index (χ1v) is 9.64. The molecule has 0 spiro atoms. The van der Waals surface area contributed by atoms with Crippen molar-refractivity contribution in [3.8, 4) is 11.5 Å². The van der Waals surface area contributed by atoms with E-state index < -0.39 is 0 Å². The summed E-state index contributed by atoms with van der Waals surface area (Å²) >= 11 is 0. The van der Waals surface area contributed by atoms with E-state index in [0.29, 0.717) is 18.5 Å². The van der Waals surface area contributed by atoms with Gasteiger partial charge in [0.25, 0.3) is 0 Å². The fraction of sp³-hybridized carbons (Fsp3) is 0.500. The van der Waals surface area contributed by atoms with Crippen LogP contribution in [0.2, 0.25) is 0 Å². The van der Waals surface area contributed by atoms with Crippen molar-refractivity contribution in [2.45, 2.75) is 32.9 Å². The molecule has 7 heteroatoms. The summed E-state index contributed by atoms with van der Waals surface area (Å²) in [5.41, 5.74) is 1.05. The number of piperidine rings is 1. The van der Waals surface area contributed by atoms with Crippen LogP contribution in [0.3, 0.4) is 0 Å². The topological polar surface area (TPSA) is 63.9 Å². The summed E-state index contributed by atoms with van der Waals surface area (Å²) in [5.74, 6) is 3.19. The van der Waals surface area contributed by atoms with Crippen molar-refractivity contribution in [3.05, 3.63) is 42.5 Å². The Morgan fingerprint density at radius 3 is 3.11 bits per heavy atom. The predicted molar refractivity (Wildman–Crippen MR) is 104 cm³/mol. The van der Waals surface area contributed by atoms with Gasteiger partial charge in [-0.05, 0) is 25.3 Å². The van der Waals surface area contributed by atoms with E-state index in [4.69, 9.17) is 14.5 Å². The van der Waals surface area contributed by atoms with Crippen LogP contribution in [-0.4, -0.2) is 46.8 Å². The van der Waals surface area contributed by atoms with E-state index in [1.54, 1.807) is 0 Å². The molecule has 0 aliphatic carbocycles. The number of guanidine groups is 1. The van der Waals surface area contributed by atoms with Gasteiger partial charge in [0, 0.05) is 37.6 Å². The first-order valence-electron chi connectivity index (χ1n) is 9.64. The quantitative estimate of drug-likeness (QED) is 0.663. The number of para-hydroxylation sites is 1. The molecule has 4 rings (SSSR count). The zero-order valence-electron chi connectivity index (χ0n) is 16.0. The SMILES string of the molecule is CCNC(=NCc1cccc2c1OCO2)N1CCC(C)C(n2ccnc2)C1. The number of rotatable bonds is 4. The second-order valence-corrected chi connectivity index (χ2v) is 7.11. The number of aliphatic imine (C=N–C) groups is 1. The van der Waals surface area contributed by atoms with E-state index >= 15 is 0 Å². The Balaban J connectivity index is 1.52. The third-order valence-electron chi connectivity index (χ3n) is 5.34. The van der Waals surface area contributed by atoms with Gasteiger partial charge in [0.15, 0.2) is 17.5 Å². The molecular formula is C20H27N5O2. The van der Waals surface area contributed by atoms with Gasteiger partial charge < -0.3 is 24.3 Å². The Morgan fingerprint density at radius 2 is 2.30 bits per heavy atom. The maximum atomic E-state index is 5.61. The number of nitrogens with zero attached hydrogens (tertiary/aromatic N) is 4. The minimum Gasteiger partial charge on any atom is -0.454 e. The van der Waals surface area contributed by atoms with Crippen molar-refractivity contribution in [3.63, 3.8) is 0 Å². The third kappa shape index (κ3) is 3.72. The molecule has 7 nitrogen and oxygen atoms in total. The van der Waals surface area contributed by atoms with E-state index in [1.165, 1.54) is 0 Å². The molecule has 27 heavy (non-hydrogen) atoms. The minimum atomic E-state index is 0.284. The number of ether oxygens (including phenoxy) is 2. The van der Waals surface area contributed by atoms with Crippen LogP contribution in [0.1, 0.15) is 31.9 Å². The van der Waals surface area contributed by atoms with Gasteiger partial charge in [0.2, 0.25) is 6.79 Å². The predicted octanol–water partition coefficient (Wildman–Crippen LogP) is 2.66. The summed E-state index contributed by atoms with van der Waals surface area (Å²) in [6.45, 7) is 8.04. The standard InChI is InChI=1S/C20H27N5O2/c1-3-22-20(23-11-16-5-4-6-18-19(16)27-14-26-18)24-9-7-15(2)17(12-24)25-10-8-21-13-25/h4-6,8,10,13,15,17H,3,7,9,11-12,14H2,1-2H3,(H,22,23). The van der Waals surface area contributed by atoms with Crippen LogP contribution in [0.4, 0.5) is 0 Å². The van der Waals surface area contributed by atoms with Crippen molar-refractivity contribution >= 4 is 5.96 Å². The number of benzene rings is 1. The van der Waals surface area contributed by atoms with Crippen LogP contribution >= 0.6 is 0 Å². The van der Waals surface area contributed by atoms with Crippen molar-refractivity contribution in [2.24, 2.45) is 10.9 Å². The Labute approximate surface area is 160 Å². The second kappa shape index (κ2) is 7.90. The highest BCUT2D eigenvalue weighted by molar-refractivity contribution is 5.80. The van der Waals surface area contributed by atoms with Gasteiger partial charge in [-0.1, -0.05) is 19.1 Å². The van der Waals surface area contributed by atoms with Crippen LogP contribution in [-0.2, 0) is 6.54 Å². The molecule has 0 bridgehead atoms. The molecule has 0 radical (unpaired) electrons. The molecule has 1 N–H and O–H groups in total. The van der Waals surface area contributed by atoms with Gasteiger partial charge in [0.05, 0.1) is 18.9 Å². The first-order chi connectivity index (χ1) is 13.3. The van der Waals surface area contributed by atoms with E-state index in [1.807, 2.05) is 30.7 Å². The number of aromatic nitrogens is 2. The number of imidazole rings is 1. The van der Waals surface area contributed by atoms with Gasteiger partial charge in [-0.2, -0.15) is 0 Å². The average Bonchev–Trinajstić information content (AvgIpc) is 3.37. The molecule has 2 aliphatic rings. The Kier molecular flexibility index (Phi) is 5.18. The highest BCUT2D eigenvalue weighted by atomic mass is 16.7. The summed E-state index contributed by atoms with van der Waals surface area (Å²) < 4.78 is 13.3. The lowest BCUT2D eigenvalue weighted by Crippen LogP contribution is -2.49. The molecule has 3 heterocycles. The summed E-state index contributed by atoms with van der Waals surface area (Å²) in [5, 5.41) is 3.45. The number of fused-ring (bicyclic) bond motifs is 1. The molecule has 1 fully saturated rings. The van der Waals surface area contributed by atoms with Gasteiger partial charge in [-0.3, -0.25) is 0 Å². The Morgan fingerprint density at radius 1 is 1.37 bits per heavy atom. The summed E-state index contributed by atoms with van der Waals surface area (Å²) in [6.07, 6.45) is 6.95. The maximum absolute atomic E-state index is 5.61. The zero-order valence-corrected chi connectivity index (χ0v) is 16.0. The van der Waals surface area contributed by atoms with Crippen LogP contribution in [0.5, 0.6) is 11.5 Å². The average molecular weight is 369 g/mol. The van der Waals surface area contributed by atoms with Crippen LogP contribution < -0.4 is 14.8 Å². The molecule has 2 aromatic rings. The smallest absolute Gasteiger partial charge is 0.231 e. The van der Waals surface area contributed by atoms with E-state index in [0.717, 1.165) is 49.1 Å². The van der Waals surface area contributed by atoms with Crippen molar-refractivity contribution in [1.82, 2.24) is 19.8 Å². The van der Waals surface area contributed by atoms with E-state index in [-0.39, 0.29) is 6.79 Å². The molecule has 1 aromatic heterocycles. The summed E-state index contributed by atoms with van der Waals surface area (Å²) in [7, 11) is 0. The lowest BCUT2D eigenvalue weighted by Gasteiger charge is -2.39. The molecule has 2 aliphatic heterocycles. The fourth-order valence-electron chi connectivity index (χ4n) is 3.80. The molecule has 2 unspecified atom stereocenters. The molecule has 2 atom stereocenters. The van der Waals surface area contributed by atoms with Gasteiger partial charge in [0.1, 0.15) is 0 Å². The van der Waals surface area contributed by atoms with Crippen LogP contribution in [0.25, 0.3) is 0 Å². The van der Waals surface area contributed by atoms with Gasteiger partial charge >= 0.3 is 0 Å². The van der Waals surface area contributed by atoms with Crippen LogP contribution in [0.15, 0.2) is 41.9 Å². The number of likely N-dealkylation sites (tertiary alicyclic amines) is 1. The van der Waals surface area contributed by atoms with Gasteiger partial charge in [-0.25, -0.2) is 9.98 Å². The zero-order chi connectivity index (χ0) is 18.6. The number of hydrogen-bond donors (Lipinski definition) is 1. The molecule has 1 saturated heterocycles. The first kappa shape index (κ1) is 17.7. The highest BCUT2D eigenvalue weighted by Crippen LogP contribution is 2.35. The lowest BCUT2D eigenvalue weighted by atomic mass is 9.93. The highest BCUT2D eigenvalue weighted by Gasteiger charge is 2.29. The van der Waals surface area contributed by atoms with Crippen molar-refractivity contribution in [1.29, 1.82) is 0 Å². The normalized spacial score (nSPS) is 22.1. The molecule has 1 aromatic carbocycles. The van der Waals surface area contributed by atoms with E-state index in [9.17, 15) is 0 Å². The number of nitrogens with one attached hydrogen (secondary N) is 1. The van der Waals surface area contributed by atoms with E-state index in [2.05, 4.69) is 39.8 Å². The fourth-order valence-corrected chi connectivity index (χ4v) is 3.80. The summed E-state index contributed by atoms with van der Waals surface area (Å²) in [4.78, 5) is 11.5. The largest absolute Gasteiger partial charge is 0.454 e. The van der Waals surface area contributed by atoms with Crippen molar-refractivity contribution < 1.29 is 9.47 Å². The Hall–Kier alpha value is -2.70. The molecular weight excluding hydrogens is 342 g/mol. The minimum absolute atomic E-state index is 0.284. The maximum Gasteiger partial charge on any atom is 0.231 e. The third-order valence-corrected chi connectivity index (χ3v) is 5.34. The molecule has 144 valence electrons. The van der Waals surface area contributed by atoms with Crippen LogP contribution in [0, 0.1) is 5.92 Å². The Bertz CT molecular complexity index is 790. The molecule has 0 amide bonds. The monoisotopic (exact) mass is 369 g/mol. The summed E-state index contributed by atoms with van der Waals surface area (Å²) in [6, 6.07) is 6.38. The molecule has 0 saturated carbocycles. The van der Waals surface area contributed by atoms with Crippen molar-refractivity contribution in [2.75, 3.05) is 26.4 Å². The second-order valence-electron chi connectivity index (χ2n) is 7.11. The van der Waals surface area contributed by atoms with Gasteiger partial charge in [-0.15, -0.1) is 0 Å².